The minimum absolute atomic E-state index is 0.0238. The molecular weight excluding hydrogens is 426 g/mol. The Bertz CT molecular complexity index is 978. The van der Waals surface area contributed by atoms with Gasteiger partial charge < -0.3 is 4.74 Å². The van der Waals surface area contributed by atoms with Crippen molar-refractivity contribution in [1.29, 1.82) is 0 Å². The first-order chi connectivity index (χ1) is 16.6. The fourth-order valence-corrected chi connectivity index (χ4v) is 6.29. The number of unbranched alkanes of at least 4 members (excludes halogenated alkanes) is 4. The van der Waals surface area contributed by atoms with Gasteiger partial charge in [-0.05, 0) is 41.5 Å². The van der Waals surface area contributed by atoms with Gasteiger partial charge in [0.15, 0.2) is 0 Å². The molecule has 0 N–H and O–H groups in total. The summed E-state index contributed by atoms with van der Waals surface area (Å²) in [6.07, 6.45) is 5.72. The molecule has 0 saturated carbocycles. The number of imide groups is 1. The average molecular weight is 460 g/mol. The zero-order valence-electron chi connectivity index (χ0n) is 19.9. The van der Waals surface area contributed by atoms with Crippen LogP contribution in [0.4, 0.5) is 0 Å². The molecule has 5 nitrogen and oxygen atoms in total. The van der Waals surface area contributed by atoms with Crippen molar-refractivity contribution in [2.45, 2.75) is 63.7 Å². The van der Waals surface area contributed by atoms with E-state index in [1.807, 2.05) is 24.3 Å². The van der Waals surface area contributed by atoms with Crippen LogP contribution in [-0.2, 0) is 19.1 Å². The molecular formula is C29H33NO4. The van der Waals surface area contributed by atoms with Gasteiger partial charge in [-0.15, -0.1) is 0 Å². The SMILES string of the molecule is CCCCCOC(=O)CCCCCN1C(=O)[C@@H]2C3c4ccccc4C(c4ccccc43)[C@H]2C1=O. The summed E-state index contributed by atoms with van der Waals surface area (Å²) in [5.74, 6) is -0.908. The van der Waals surface area contributed by atoms with Gasteiger partial charge in [-0.25, -0.2) is 0 Å². The highest BCUT2D eigenvalue weighted by molar-refractivity contribution is 6.07. The zero-order valence-corrected chi connectivity index (χ0v) is 19.9. The minimum Gasteiger partial charge on any atom is -0.466 e. The van der Waals surface area contributed by atoms with Gasteiger partial charge in [0.1, 0.15) is 0 Å². The average Bonchev–Trinajstić information content (AvgIpc) is 3.12. The summed E-state index contributed by atoms with van der Waals surface area (Å²) in [6, 6.07) is 16.6. The molecule has 6 rings (SSSR count). The number of benzene rings is 2. The van der Waals surface area contributed by atoms with Crippen LogP contribution in [0.25, 0.3) is 0 Å². The Morgan fingerprint density at radius 3 is 1.79 bits per heavy atom. The van der Waals surface area contributed by atoms with Crippen molar-refractivity contribution in [2.24, 2.45) is 11.8 Å². The molecule has 2 aromatic carbocycles. The molecule has 1 saturated heterocycles. The van der Waals surface area contributed by atoms with Gasteiger partial charge in [-0.3, -0.25) is 19.3 Å². The van der Waals surface area contributed by atoms with E-state index in [4.69, 9.17) is 4.74 Å². The Kier molecular flexibility index (Phi) is 6.53. The quantitative estimate of drug-likeness (QED) is 0.279. The van der Waals surface area contributed by atoms with Gasteiger partial charge in [0.2, 0.25) is 11.8 Å². The maximum atomic E-state index is 13.5. The number of nitrogens with zero attached hydrogens (tertiary/aromatic N) is 1. The van der Waals surface area contributed by atoms with Gasteiger partial charge in [-0.2, -0.15) is 0 Å². The molecule has 2 aromatic rings. The predicted octanol–water partition coefficient (Wildman–Crippen LogP) is 5.17. The number of amides is 2. The summed E-state index contributed by atoms with van der Waals surface area (Å²) in [4.78, 5) is 40.4. The lowest BCUT2D eigenvalue weighted by atomic mass is 9.55. The summed E-state index contributed by atoms with van der Waals surface area (Å²) in [7, 11) is 0. The summed E-state index contributed by atoms with van der Waals surface area (Å²) in [5, 5.41) is 0. The number of ether oxygens (including phenoxy) is 1. The molecule has 4 aliphatic rings. The van der Waals surface area contributed by atoms with E-state index in [0.717, 1.165) is 38.5 Å². The normalized spacial score (nSPS) is 24.1. The zero-order chi connectivity index (χ0) is 23.7. The van der Waals surface area contributed by atoms with Crippen LogP contribution in [0.15, 0.2) is 48.5 Å². The Morgan fingerprint density at radius 1 is 0.765 bits per heavy atom. The molecule has 0 aromatic heterocycles. The lowest BCUT2D eigenvalue weighted by Crippen LogP contribution is -2.41. The van der Waals surface area contributed by atoms with Crippen LogP contribution in [0.1, 0.15) is 86.0 Å². The molecule has 2 atom stereocenters. The first kappa shape index (κ1) is 22.8. The van der Waals surface area contributed by atoms with Crippen molar-refractivity contribution >= 4 is 17.8 Å². The van der Waals surface area contributed by atoms with Gasteiger partial charge in [-0.1, -0.05) is 74.7 Å². The standard InChI is InChI=1S/C29H33NO4/c1-2-3-11-18-34-23(31)16-5-4-10-17-30-28(32)26-24-19-12-6-7-13-20(19)25(27(26)29(30)33)22-15-9-8-14-21(22)24/h6-9,12-15,24-27H,2-5,10-11,16-18H2,1H3/t24?,25?,26-,27-/m1/s1. The molecule has 5 heteroatoms. The Balaban J connectivity index is 1.23. The van der Waals surface area contributed by atoms with Crippen molar-refractivity contribution in [1.82, 2.24) is 4.90 Å². The van der Waals surface area contributed by atoms with Crippen LogP contribution in [0.3, 0.4) is 0 Å². The van der Waals surface area contributed by atoms with Crippen LogP contribution in [0.2, 0.25) is 0 Å². The number of carbonyl (C=O) groups is 3. The third-order valence-corrected chi connectivity index (χ3v) is 7.81. The Hall–Kier alpha value is -2.95. The molecule has 0 radical (unpaired) electrons. The summed E-state index contributed by atoms with van der Waals surface area (Å²) >= 11 is 0. The van der Waals surface area contributed by atoms with E-state index in [1.54, 1.807) is 0 Å². The third-order valence-electron chi connectivity index (χ3n) is 7.81. The number of rotatable bonds is 10. The third kappa shape index (κ3) is 3.85. The monoisotopic (exact) mass is 459 g/mol. The number of hydrogen-bond donors (Lipinski definition) is 0. The molecule has 178 valence electrons. The highest BCUT2D eigenvalue weighted by Gasteiger charge is 2.61. The second kappa shape index (κ2) is 9.73. The Morgan fingerprint density at radius 2 is 1.29 bits per heavy atom. The Labute approximate surface area is 201 Å². The van der Waals surface area contributed by atoms with Crippen molar-refractivity contribution in [3.05, 3.63) is 70.8 Å². The van der Waals surface area contributed by atoms with Crippen molar-refractivity contribution in [3.63, 3.8) is 0 Å². The molecule has 1 heterocycles. The van der Waals surface area contributed by atoms with Gasteiger partial charge in [0, 0.05) is 24.8 Å². The molecule has 1 fully saturated rings. The minimum atomic E-state index is -0.305. The van der Waals surface area contributed by atoms with Gasteiger partial charge >= 0.3 is 5.97 Å². The maximum absolute atomic E-state index is 13.5. The van der Waals surface area contributed by atoms with E-state index < -0.39 is 0 Å². The number of esters is 1. The second-order valence-corrected chi connectivity index (χ2v) is 9.83. The lowest BCUT2D eigenvalue weighted by molar-refractivity contribution is -0.144. The van der Waals surface area contributed by atoms with E-state index in [1.165, 1.54) is 27.2 Å². The molecule has 2 amide bonds. The molecule has 2 bridgehead atoms. The van der Waals surface area contributed by atoms with E-state index in [0.29, 0.717) is 19.6 Å². The highest BCUT2D eigenvalue weighted by Crippen LogP contribution is 2.60. The summed E-state index contributed by atoms with van der Waals surface area (Å²) < 4.78 is 5.26. The fraction of sp³-hybridized carbons (Fsp3) is 0.483. The smallest absolute Gasteiger partial charge is 0.305 e. The van der Waals surface area contributed by atoms with E-state index in [9.17, 15) is 14.4 Å². The topological polar surface area (TPSA) is 63.7 Å². The number of likely N-dealkylation sites (tertiary alicyclic amines) is 1. The summed E-state index contributed by atoms with van der Waals surface area (Å²) in [5.41, 5.74) is 4.81. The molecule has 34 heavy (non-hydrogen) atoms. The van der Waals surface area contributed by atoms with Crippen LogP contribution in [0, 0.1) is 11.8 Å². The first-order valence-electron chi connectivity index (χ1n) is 12.8. The largest absolute Gasteiger partial charge is 0.466 e. The van der Waals surface area contributed by atoms with Crippen LogP contribution < -0.4 is 0 Å². The molecule has 3 aliphatic carbocycles. The van der Waals surface area contributed by atoms with Crippen LogP contribution in [0.5, 0.6) is 0 Å². The van der Waals surface area contributed by atoms with Gasteiger partial charge in [0.25, 0.3) is 0 Å². The van der Waals surface area contributed by atoms with Crippen LogP contribution in [-0.4, -0.2) is 35.8 Å². The van der Waals surface area contributed by atoms with Crippen LogP contribution >= 0.6 is 0 Å². The lowest BCUT2D eigenvalue weighted by Gasteiger charge is -2.45. The molecule has 0 spiro atoms. The number of carbonyl (C=O) groups excluding carboxylic acids is 3. The fourth-order valence-electron chi connectivity index (χ4n) is 6.29. The van der Waals surface area contributed by atoms with E-state index >= 15 is 0 Å². The highest BCUT2D eigenvalue weighted by atomic mass is 16.5. The molecule has 0 unspecified atom stereocenters. The van der Waals surface area contributed by atoms with Crippen molar-refractivity contribution in [3.8, 4) is 0 Å². The van der Waals surface area contributed by atoms with E-state index in [-0.39, 0.29) is 41.5 Å². The van der Waals surface area contributed by atoms with Crippen molar-refractivity contribution < 1.29 is 19.1 Å². The maximum Gasteiger partial charge on any atom is 0.305 e. The molecule has 1 aliphatic heterocycles. The summed E-state index contributed by atoms with van der Waals surface area (Å²) in [6.45, 7) is 3.05. The number of hydrogen-bond acceptors (Lipinski definition) is 4. The van der Waals surface area contributed by atoms with Gasteiger partial charge in [0.05, 0.1) is 18.4 Å². The second-order valence-electron chi connectivity index (χ2n) is 9.83. The first-order valence-corrected chi connectivity index (χ1v) is 12.8. The predicted molar refractivity (Wildman–Crippen MR) is 129 cm³/mol. The van der Waals surface area contributed by atoms with E-state index in [2.05, 4.69) is 31.2 Å². The van der Waals surface area contributed by atoms with Crippen molar-refractivity contribution in [2.75, 3.05) is 13.2 Å².